The van der Waals surface area contributed by atoms with E-state index < -0.39 is 23.3 Å². The highest BCUT2D eigenvalue weighted by Gasteiger charge is 2.24. The monoisotopic (exact) mass is 477 g/mol. The zero-order chi connectivity index (χ0) is 22.8. The van der Waals surface area contributed by atoms with Gasteiger partial charge in [0, 0.05) is 5.69 Å². The van der Waals surface area contributed by atoms with Crippen LogP contribution in [0.2, 0.25) is 5.02 Å². The van der Waals surface area contributed by atoms with Crippen molar-refractivity contribution >= 4 is 50.7 Å². The Balaban J connectivity index is 1.53. The molecule has 1 aromatic carbocycles. The van der Waals surface area contributed by atoms with Gasteiger partial charge in [-0.1, -0.05) is 18.0 Å². The second-order valence-corrected chi connectivity index (χ2v) is 9.16. The normalized spacial score (nSPS) is 14.5. The fourth-order valence-electron chi connectivity index (χ4n) is 3.78. The molecule has 1 amide bonds. The van der Waals surface area contributed by atoms with Gasteiger partial charge in [0.25, 0.3) is 5.56 Å². The lowest BCUT2D eigenvalue weighted by molar-refractivity contribution is -0.116. The number of amides is 1. The van der Waals surface area contributed by atoms with Gasteiger partial charge in [0.1, 0.15) is 28.2 Å². The number of anilines is 1. The number of carbonyl (C=O) groups excluding carboxylic acids is 2. The van der Waals surface area contributed by atoms with Crippen LogP contribution in [0, 0.1) is 12.7 Å². The van der Waals surface area contributed by atoms with Crippen LogP contribution in [0.15, 0.2) is 29.3 Å². The second kappa shape index (κ2) is 9.38. The van der Waals surface area contributed by atoms with Gasteiger partial charge in [-0.25, -0.2) is 14.2 Å². The molecule has 10 heteroatoms. The van der Waals surface area contributed by atoms with Crippen LogP contribution in [-0.4, -0.2) is 27.5 Å². The number of hydrogen-bond acceptors (Lipinski definition) is 6. The molecule has 1 aliphatic rings. The molecule has 1 N–H and O–H groups in total. The second-order valence-electron chi connectivity index (χ2n) is 7.76. The highest BCUT2D eigenvalue weighted by molar-refractivity contribution is 7.20. The number of hydrogen-bond donors (Lipinski definition) is 1. The molecule has 4 rings (SSSR count). The Bertz CT molecular complexity index is 1250. The zero-order valence-electron chi connectivity index (χ0n) is 17.3. The third kappa shape index (κ3) is 4.68. The molecule has 2 aromatic heterocycles. The van der Waals surface area contributed by atoms with E-state index in [-0.39, 0.29) is 17.7 Å². The lowest BCUT2D eigenvalue weighted by atomic mass is 9.98. The first-order valence-corrected chi connectivity index (χ1v) is 11.5. The van der Waals surface area contributed by atoms with Gasteiger partial charge in [-0.2, -0.15) is 0 Å². The third-order valence-electron chi connectivity index (χ3n) is 5.45. The van der Waals surface area contributed by atoms with Crippen LogP contribution in [0.4, 0.5) is 10.1 Å². The molecule has 32 heavy (non-hydrogen) atoms. The van der Waals surface area contributed by atoms with Gasteiger partial charge in [-0.05, 0) is 56.4 Å². The molecule has 1 fully saturated rings. The number of carbonyl (C=O) groups is 2. The van der Waals surface area contributed by atoms with E-state index in [1.807, 2.05) is 0 Å². The first-order valence-electron chi connectivity index (χ1n) is 10.3. The van der Waals surface area contributed by atoms with E-state index in [1.54, 1.807) is 6.92 Å². The molecule has 0 atom stereocenters. The van der Waals surface area contributed by atoms with Gasteiger partial charge in [0.2, 0.25) is 5.91 Å². The summed E-state index contributed by atoms with van der Waals surface area (Å²) in [7, 11) is 0. The van der Waals surface area contributed by atoms with Crippen molar-refractivity contribution in [3.63, 3.8) is 0 Å². The van der Waals surface area contributed by atoms with Crippen molar-refractivity contribution in [2.45, 2.75) is 51.7 Å². The number of halogens is 2. The average Bonchev–Trinajstić information content (AvgIpc) is 3.11. The molecule has 1 saturated carbocycles. The van der Waals surface area contributed by atoms with E-state index in [0.717, 1.165) is 49.5 Å². The maximum absolute atomic E-state index is 13.3. The summed E-state index contributed by atoms with van der Waals surface area (Å²) in [6.07, 6.45) is 6.14. The van der Waals surface area contributed by atoms with Gasteiger partial charge in [-0.3, -0.25) is 14.2 Å². The number of nitrogens with zero attached hydrogens (tertiary/aromatic N) is 2. The summed E-state index contributed by atoms with van der Waals surface area (Å²) in [6.45, 7) is 1.39. The molecule has 2 heterocycles. The number of aryl methyl sites for hydroxylation is 1. The van der Waals surface area contributed by atoms with Gasteiger partial charge in [0.15, 0.2) is 0 Å². The maximum Gasteiger partial charge on any atom is 0.348 e. The molecule has 0 saturated heterocycles. The number of esters is 1. The van der Waals surface area contributed by atoms with E-state index in [0.29, 0.717) is 26.3 Å². The fourth-order valence-corrected chi connectivity index (χ4v) is 4.99. The van der Waals surface area contributed by atoms with Crippen molar-refractivity contribution in [3.05, 3.63) is 56.2 Å². The Morgan fingerprint density at radius 3 is 2.78 bits per heavy atom. The fraction of sp³-hybridized carbons (Fsp3) is 0.364. The van der Waals surface area contributed by atoms with E-state index in [2.05, 4.69) is 10.3 Å². The summed E-state index contributed by atoms with van der Waals surface area (Å²) in [4.78, 5) is 43.1. The Labute approximate surface area is 192 Å². The molecule has 168 valence electrons. The van der Waals surface area contributed by atoms with Crippen molar-refractivity contribution in [1.29, 1.82) is 0 Å². The van der Waals surface area contributed by atoms with Crippen molar-refractivity contribution in [2.24, 2.45) is 0 Å². The summed E-state index contributed by atoms with van der Waals surface area (Å²) in [6, 6.07) is 3.79. The molecular formula is C22H21ClFN3O4S. The van der Waals surface area contributed by atoms with Gasteiger partial charge >= 0.3 is 5.97 Å². The minimum absolute atomic E-state index is 0.0888. The largest absolute Gasteiger partial charge is 0.458 e. The average molecular weight is 478 g/mol. The van der Waals surface area contributed by atoms with E-state index in [9.17, 15) is 18.8 Å². The number of benzene rings is 1. The summed E-state index contributed by atoms with van der Waals surface area (Å²) >= 11 is 6.84. The predicted octanol–water partition coefficient (Wildman–Crippen LogP) is 4.69. The minimum Gasteiger partial charge on any atom is -0.458 e. The molecule has 0 spiro atoms. The van der Waals surface area contributed by atoms with Crippen LogP contribution < -0.4 is 10.9 Å². The van der Waals surface area contributed by atoms with Crippen molar-refractivity contribution < 1.29 is 18.7 Å². The number of fused-ring (bicyclic) bond motifs is 1. The van der Waals surface area contributed by atoms with Crippen molar-refractivity contribution in [1.82, 2.24) is 9.55 Å². The Morgan fingerprint density at radius 2 is 2.06 bits per heavy atom. The smallest absolute Gasteiger partial charge is 0.348 e. The van der Waals surface area contributed by atoms with E-state index >= 15 is 0 Å². The highest BCUT2D eigenvalue weighted by Crippen LogP contribution is 2.29. The molecule has 7 nitrogen and oxygen atoms in total. The highest BCUT2D eigenvalue weighted by atomic mass is 35.5. The quantitative estimate of drug-likeness (QED) is 0.538. The Hall–Kier alpha value is -2.78. The van der Waals surface area contributed by atoms with Crippen LogP contribution in [0.1, 0.15) is 47.3 Å². The first-order chi connectivity index (χ1) is 15.3. The van der Waals surface area contributed by atoms with Crippen LogP contribution in [0.3, 0.4) is 0 Å². The number of ether oxygens (including phenoxy) is 1. The number of nitrogens with one attached hydrogen (secondary N) is 1. The minimum atomic E-state index is -0.596. The van der Waals surface area contributed by atoms with Crippen molar-refractivity contribution in [3.8, 4) is 0 Å². The molecule has 0 aliphatic heterocycles. The summed E-state index contributed by atoms with van der Waals surface area (Å²) in [5.74, 6) is -1.53. The SMILES string of the molecule is Cc1c(C(=O)OC2CCCCC2)sc2ncn(CC(=O)Nc3ccc(F)c(Cl)c3)c(=O)c12. The lowest BCUT2D eigenvalue weighted by Crippen LogP contribution is -2.28. The van der Waals surface area contributed by atoms with Gasteiger partial charge < -0.3 is 10.1 Å². The van der Waals surface area contributed by atoms with Crippen LogP contribution in [0.25, 0.3) is 10.2 Å². The van der Waals surface area contributed by atoms with E-state index in [4.69, 9.17) is 16.3 Å². The Kier molecular flexibility index (Phi) is 6.57. The van der Waals surface area contributed by atoms with Crippen molar-refractivity contribution in [2.75, 3.05) is 5.32 Å². The van der Waals surface area contributed by atoms with Gasteiger partial charge in [0.05, 0.1) is 16.7 Å². The molecular weight excluding hydrogens is 457 g/mol. The summed E-state index contributed by atoms with van der Waals surface area (Å²) < 4.78 is 20.1. The molecule has 0 unspecified atom stereocenters. The van der Waals surface area contributed by atoms with E-state index in [1.165, 1.54) is 23.0 Å². The number of aromatic nitrogens is 2. The first kappa shape index (κ1) is 22.4. The standard InChI is InChI=1S/C22H21ClFN3O4S/c1-12-18-20(32-19(12)22(30)31-14-5-3-2-4-6-14)25-11-27(21(18)29)10-17(28)26-13-7-8-16(24)15(23)9-13/h7-9,11,14H,2-6,10H2,1H3,(H,26,28). The number of thiophene rings is 1. The third-order valence-corrected chi connectivity index (χ3v) is 6.92. The topological polar surface area (TPSA) is 90.3 Å². The van der Waals surface area contributed by atoms with Crippen LogP contribution >= 0.6 is 22.9 Å². The lowest BCUT2D eigenvalue weighted by Gasteiger charge is -2.21. The molecule has 0 bridgehead atoms. The summed E-state index contributed by atoms with van der Waals surface area (Å²) in [5.41, 5.74) is 0.388. The molecule has 1 aliphatic carbocycles. The summed E-state index contributed by atoms with van der Waals surface area (Å²) in [5, 5.41) is 2.74. The zero-order valence-corrected chi connectivity index (χ0v) is 18.9. The van der Waals surface area contributed by atoms with Crippen LogP contribution in [-0.2, 0) is 16.1 Å². The maximum atomic E-state index is 13.3. The molecule has 0 radical (unpaired) electrons. The number of rotatable bonds is 5. The van der Waals surface area contributed by atoms with Gasteiger partial charge in [-0.15, -0.1) is 11.3 Å². The molecule has 3 aromatic rings. The predicted molar refractivity (Wildman–Crippen MR) is 121 cm³/mol. The van der Waals surface area contributed by atoms with Crippen LogP contribution in [0.5, 0.6) is 0 Å². The Morgan fingerprint density at radius 1 is 1.31 bits per heavy atom.